The molecule has 49 heavy (non-hydrogen) atoms. The van der Waals surface area contributed by atoms with Crippen LogP contribution in [0.4, 0.5) is 22.0 Å². The Bertz CT molecular complexity index is 1990. The van der Waals surface area contributed by atoms with E-state index in [1.807, 2.05) is 0 Å². The number of aliphatic carboxylic acids is 1. The van der Waals surface area contributed by atoms with Gasteiger partial charge in [-0.2, -0.15) is 13.2 Å². The summed E-state index contributed by atoms with van der Waals surface area (Å²) in [4.78, 5) is 41.6. The molecule has 4 aromatic rings. The number of hydrogen-bond acceptors (Lipinski definition) is 5. The van der Waals surface area contributed by atoms with Crippen LogP contribution in [0.3, 0.4) is 0 Å². The normalized spacial score (nSPS) is 16.2. The number of hydrogen-bond donors (Lipinski definition) is 2. The molecule has 0 radical (unpaired) electrons. The summed E-state index contributed by atoms with van der Waals surface area (Å²) in [6, 6.07) is 8.37. The largest absolute Gasteiger partial charge is 0.481 e. The molecule has 0 unspecified atom stereocenters. The quantitative estimate of drug-likeness (QED) is 0.205. The van der Waals surface area contributed by atoms with E-state index in [1.54, 1.807) is 50.2 Å². The number of carboxylic acid groups (broad SMARTS) is 1. The number of aromatic nitrogens is 1. The van der Waals surface area contributed by atoms with Gasteiger partial charge >= 0.3 is 12.1 Å². The van der Waals surface area contributed by atoms with E-state index >= 15 is 8.78 Å². The molecule has 0 spiro atoms. The summed E-state index contributed by atoms with van der Waals surface area (Å²) in [5.41, 5.74) is -1.60. The van der Waals surface area contributed by atoms with Crippen LogP contribution in [0.5, 0.6) is 11.5 Å². The maximum absolute atomic E-state index is 15.8. The highest BCUT2D eigenvalue weighted by Gasteiger charge is 2.37. The molecule has 2 heterocycles. The molecule has 1 aromatic heterocycles. The van der Waals surface area contributed by atoms with Crippen LogP contribution >= 0.6 is 0 Å². The fourth-order valence-electron chi connectivity index (χ4n) is 6.14. The lowest BCUT2D eigenvalue weighted by atomic mass is 9.92. The van der Waals surface area contributed by atoms with Crippen molar-refractivity contribution in [2.24, 2.45) is 0 Å². The molecule has 0 fully saturated rings. The number of carbonyl (C=O) groups excluding carboxylic acids is 1. The third kappa shape index (κ3) is 7.51. The zero-order chi connectivity index (χ0) is 35.8. The Morgan fingerprint density at radius 2 is 1.73 bits per heavy atom. The van der Waals surface area contributed by atoms with E-state index in [9.17, 15) is 32.7 Å². The van der Waals surface area contributed by atoms with E-state index < -0.39 is 64.9 Å². The Morgan fingerprint density at radius 1 is 1.00 bits per heavy atom. The van der Waals surface area contributed by atoms with Crippen molar-refractivity contribution in [3.63, 3.8) is 0 Å². The molecule has 3 aromatic carbocycles. The molecule has 2 N–H and O–H groups in total. The summed E-state index contributed by atoms with van der Waals surface area (Å²) in [6.45, 7) is 3.67. The number of nitrogens with zero attached hydrogens (tertiary/aromatic N) is 2. The first-order valence-electron chi connectivity index (χ1n) is 15.4. The molecule has 0 saturated carbocycles. The van der Waals surface area contributed by atoms with Crippen molar-refractivity contribution in [1.29, 1.82) is 0 Å². The third-order valence-corrected chi connectivity index (χ3v) is 8.41. The van der Waals surface area contributed by atoms with Crippen LogP contribution in [0.2, 0.25) is 0 Å². The molecule has 1 amide bonds. The van der Waals surface area contributed by atoms with E-state index in [4.69, 9.17) is 4.74 Å². The predicted octanol–water partition coefficient (Wildman–Crippen LogP) is 6.95. The van der Waals surface area contributed by atoms with Crippen molar-refractivity contribution in [3.05, 3.63) is 116 Å². The van der Waals surface area contributed by atoms with Crippen LogP contribution in [-0.2, 0) is 22.2 Å². The van der Waals surface area contributed by atoms with Crippen LogP contribution < -0.4 is 15.6 Å². The number of nitrogens with one attached hydrogen (secondary N) is 1. The fraction of sp³-hybridized carbons (Fsp3) is 0.306. The topological polar surface area (TPSA) is 101 Å². The number of carboxylic acids is 1. The number of carbonyl (C=O) groups is 2. The van der Waals surface area contributed by atoms with Crippen LogP contribution in [0, 0.1) is 25.5 Å². The number of amides is 1. The van der Waals surface area contributed by atoms with Crippen molar-refractivity contribution < 1.29 is 41.4 Å². The van der Waals surface area contributed by atoms with Crippen molar-refractivity contribution in [1.82, 2.24) is 14.8 Å². The Kier molecular flexibility index (Phi) is 9.95. The molecule has 5 rings (SSSR count). The lowest BCUT2D eigenvalue weighted by Crippen LogP contribution is -2.41. The smallest absolute Gasteiger partial charge is 0.416 e. The van der Waals surface area contributed by atoms with Gasteiger partial charge in [-0.25, -0.2) is 8.78 Å². The van der Waals surface area contributed by atoms with E-state index in [-0.39, 0.29) is 41.0 Å². The van der Waals surface area contributed by atoms with Gasteiger partial charge < -0.3 is 20.1 Å². The van der Waals surface area contributed by atoms with Crippen molar-refractivity contribution in [3.8, 4) is 22.6 Å². The SMILES string of the molecule is Cc1cc2cc(c1F)[C@H](CC(=O)O)NC(=O)[C@H](n1cc(CCCN(C)C)c(C(F)(F)F)cc1=O)c1cc(ccc1F)Oc1cccc(C)c1-2. The zero-order valence-corrected chi connectivity index (χ0v) is 27.1. The van der Waals surface area contributed by atoms with Gasteiger partial charge in [0.15, 0.2) is 0 Å². The van der Waals surface area contributed by atoms with Crippen LogP contribution in [0.25, 0.3) is 11.1 Å². The number of fused-ring (bicyclic) bond motifs is 6. The molecular weight excluding hydrogens is 649 g/mol. The lowest BCUT2D eigenvalue weighted by molar-refractivity contribution is -0.139. The standard InChI is InChI=1S/C36H34F5N3O5/c1-19-7-5-9-29-32(19)22-13-20(2)33(38)25(14-22)28(17-31(46)47)42-35(48)34(24-15-23(49-29)10-11-27(24)37)44-18-21(8-6-12-43(3)4)26(16-30(44)45)36(39,40)41/h5,7,9-11,13-16,18,28,34H,6,8,12,17H2,1-4H3,(H,42,48)(H,46,47)/t28-,34+/m0/s1. The second kappa shape index (κ2) is 13.8. The van der Waals surface area contributed by atoms with Crippen molar-refractivity contribution in [2.75, 3.05) is 20.6 Å². The van der Waals surface area contributed by atoms with Gasteiger partial charge in [-0.3, -0.25) is 19.0 Å². The molecule has 1 aliphatic heterocycles. The maximum Gasteiger partial charge on any atom is 0.416 e. The van der Waals surface area contributed by atoms with Gasteiger partial charge in [-0.05, 0) is 106 Å². The van der Waals surface area contributed by atoms with Crippen molar-refractivity contribution >= 4 is 11.9 Å². The third-order valence-electron chi connectivity index (χ3n) is 8.41. The molecule has 1 aliphatic rings. The number of pyridine rings is 1. The average molecular weight is 684 g/mol. The highest BCUT2D eigenvalue weighted by molar-refractivity contribution is 5.85. The van der Waals surface area contributed by atoms with Gasteiger partial charge in [0.1, 0.15) is 29.2 Å². The zero-order valence-electron chi connectivity index (χ0n) is 27.1. The molecular formula is C36H34F5N3O5. The summed E-state index contributed by atoms with van der Waals surface area (Å²) >= 11 is 0. The van der Waals surface area contributed by atoms with Gasteiger partial charge in [0.2, 0.25) is 5.91 Å². The first-order valence-corrected chi connectivity index (χ1v) is 15.4. The second-order valence-corrected chi connectivity index (χ2v) is 12.4. The molecule has 0 aliphatic carbocycles. The Balaban J connectivity index is 1.80. The van der Waals surface area contributed by atoms with E-state index in [0.29, 0.717) is 33.9 Å². The number of ether oxygens (including phenoxy) is 1. The minimum absolute atomic E-state index is 0.0348. The summed E-state index contributed by atoms with van der Waals surface area (Å²) in [5.74, 6) is -4.05. The molecule has 13 heteroatoms. The molecule has 4 bridgehead atoms. The average Bonchev–Trinajstić information content (AvgIpc) is 3.00. The predicted molar refractivity (Wildman–Crippen MR) is 172 cm³/mol. The number of alkyl halides is 3. The lowest BCUT2D eigenvalue weighted by Gasteiger charge is -2.26. The molecule has 0 saturated heterocycles. The van der Waals surface area contributed by atoms with E-state index in [1.165, 1.54) is 19.1 Å². The molecule has 8 nitrogen and oxygen atoms in total. The highest BCUT2D eigenvalue weighted by atomic mass is 19.4. The van der Waals surface area contributed by atoms with E-state index in [0.717, 1.165) is 18.3 Å². The van der Waals surface area contributed by atoms with Gasteiger partial charge in [-0.15, -0.1) is 0 Å². The Labute approximate surface area is 278 Å². The maximum atomic E-state index is 15.8. The second-order valence-electron chi connectivity index (χ2n) is 12.4. The van der Waals surface area contributed by atoms with Crippen LogP contribution in [-0.4, -0.2) is 47.1 Å². The number of benzene rings is 3. The number of halogens is 5. The van der Waals surface area contributed by atoms with Gasteiger partial charge in [0, 0.05) is 29.0 Å². The highest BCUT2D eigenvalue weighted by Crippen LogP contribution is 2.40. The minimum atomic E-state index is -4.91. The van der Waals surface area contributed by atoms with Gasteiger partial charge in [0.25, 0.3) is 5.56 Å². The van der Waals surface area contributed by atoms with Crippen LogP contribution in [0.15, 0.2) is 65.6 Å². The monoisotopic (exact) mass is 683 g/mol. The Morgan fingerprint density at radius 3 is 2.41 bits per heavy atom. The summed E-state index contributed by atoms with van der Waals surface area (Å²) in [5, 5.41) is 12.3. The fourth-order valence-corrected chi connectivity index (χ4v) is 6.14. The summed E-state index contributed by atoms with van der Waals surface area (Å²) in [7, 11) is 3.49. The van der Waals surface area contributed by atoms with Gasteiger partial charge in [-0.1, -0.05) is 12.1 Å². The molecule has 258 valence electrons. The van der Waals surface area contributed by atoms with Crippen LogP contribution in [0.1, 0.15) is 58.3 Å². The van der Waals surface area contributed by atoms with Crippen molar-refractivity contribution in [2.45, 2.75) is 51.4 Å². The summed E-state index contributed by atoms with van der Waals surface area (Å²) in [6.07, 6.45) is -4.71. The molecule has 2 atom stereocenters. The first-order chi connectivity index (χ1) is 23.0. The number of aryl methyl sites for hydroxylation is 3. The first kappa shape index (κ1) is 35.3. The van der Waals surface area contributed by atoms with Gasteiger partial charge in [0.05, 0.1) is 18.0 Å². The Hall–Kier alpha value is -5.04. The minimum Gasteiger partial charge on any atom is -0.481 e. The van der Waals surface area contributed by atoms with E-state index in [2.05, 4.69) is 5.32 Å². The summed E-state index contributed by atoms with van der Waals surface area (Å²) < 4.78 is 80.9. The number of rotatable bonds is 7.